The quantitative estimate of drug-likeness (QED) is 0.571. The van der Waals surface area contributed by atoms with Crippen molar-refractivity contribution in [3.05, 3.63) is 30.3 Å². The molecule has 0 bridgehead atoms. The maximum atomic E-state index is 11.2. The molecule has 0 radical (unpaired) electrons. The largest absolute Gasteiger partial charge is 0.371 e. The summed E-state index contributed by atoms with van der Waals surface area (Å²) < 4.78 is 0. The molecule has 1 fully saturated rings. The van der Waals surface area contributed by atoms with Crippen LogP contribution in [0.1, 0.15) is 12.8 Å². The number of benzene rings is 1. The zero-order valence-electron chi connectivity index (χ0n) is 9.13. The molecule has 0 aliphatic carbocycles. The highest BCUT2D eigenvalue weighted by Gasteiger charge is 2.24. The Balaban J connectivity index is 1.95. The highest BCUT2D eigenvalue weighted by atomic mass is 16.2. The summed E-state index contributed by atoms with van der Waals surface area (Å²) in [5.41, 5.74) is 1.19. The molecular weight excluding hydrogens is 202 g/mol. The molecule has 1 aliphatic rings. The molecule has 16 heavy (non-hydrogen) atoms. The van der Waals surface area contributed by atoms with E-state index in [1.165, 1.54) is 5.69 Å². The van der Waals surface area contributed by atoms with E-state index in [4.69, 9.17) is 0 Å². The van der Waals surface area contributed by atoms with E-state index in [9.17, 15) is 9.59 Å². The van der Waals surface area contributed by atoms with E-state index in [1.807, 2.05) is 18.2 Å². The van der Waals surface area contributed by atoms with E-state index in [-0.39, 0.29) is 11.7 Å². The number of hydrogen-bond acceptors (Lipinski definition) is 3. The molecule has 1 aliphatic heterocycles. The van der Waals surface area contributed by atoms with Gasteiger partial charge in [0.2, 0.25) is 0 Å². The molecule has 0 saturated carbocycles. The van der Waals surface area contributed by atoms with E-state index < -0.39 is 0 Å². The number of nitrogens with zero attached hydrogens (tertiary/aromatic N) is 1. The Kier molecular flexibility index (Phi) is 3.34. The summed E-state index contributed by atoms with van der Waals surface area (Å²) in [7, 11) is 0. The van der Waals surface area contributed by atoms with Gasteiger partial charge in [-0.25, -0.2) is 0 Å². The average molecular weight is 217 g/mol. The fourth-order valence-corrected chi connectivity index (χ4v) is 2.16. The van der Waals surface area contributed by atoms with Crippen molar-refractivity contribution in [2.75, 3.05) is 18.0 Å². The zero-order valence-corrected chi connectivity index (χ0v) is 9.13. The predicted octanol–water partition coefficient (Wildman–Crippen LogP) is 1.67. The van der Waals surface area contributed by atoms with Crippen LogP contribution in [0.3, 0.4) is 0 Å². The van der Waals surface area contributed by atoms with Gasteiger partial charge in [0.05, 0.1) is 0 Å². The summed E-state index contributed by atoms with van der Waals surface area (Å²) in [5.74, 6) is -0.301. The number of anilines is 1. The average Bonchev–Trinajstić information content (AvgIpc) is 2.39. The van der Waals surface area contributed by atoms with Crippen LogP contribution in [0.15, 0.2) is 30.3 Å². The van der Waals surface area contributed by atoms with E-state index >= 15 is 0 Å². The third-order valence-electron chi connectivity index (χ3n) is 3.13. The van der Waals surface area contributed by atoms with Gasteiger partial charge in [0.1, 0.15) is 0 Å². The molecule has 0 atom stereocenters. The van der Waals surface area contributed by atoms with Crippen molar-refractivity contribution in [2.24, 2.45) is 5.92 Å². The van der Waals surface area contributed by atoms with Crippen molar-refractivity contribution in [2.45, 2.75) is 12.8 Å². The molecule has 0 amide bonds. The monoisotopic (exact) mass is 217 g/mol. The Labute approximate surface area is 95.1 Å². The number of carbonyl (C=O) groups is 2. The maximum Gasteiger partial charge on any atom is 0.198 e. The van der Waals surface area contributed by atoms with Crippen LogP contribution in [0.2, 0.25) is 0 Å². The summed E-state index contributed by atoms with van der Waals surface area (Å²) in [4.78, 5) is 23.9. The van der Waals surface area contributed by atoms with E-state index in [1.54, 1.807) is 0 Å². The molecular formula is C13H15NO2. The first-order valence-corrected chi connectivity index (χ1v) is 5.60. The van der Waals surface area contributed by atoms with E-state index in [0.717, 1.165) is 25.9 Å². The molecule has 1 heterocycles. The first-order chi connectivity index (χ1) is 7.81. The molecule has 84 valence electrons. The van der Waals surface area contributed by atoms with Gasteiger partial charge in [-0.15, -0.1) is 0 Å². The topological polar surface area (TPSA) is 37.4 Å². The van der Waals surface area contributed by atoms with Crippen LogP contribution in [0.4, 0.5) is 5.69 Å². The third kappa shape index (κ3) is 2.30. The van der Waals surface area contributed by atoms with Crippen molar-refractivity contribution in [1.82, 2.24) is 0 Å². The minimum atomic E-state index is -0.243. The lowest BCUT2D eigenvalue weighted by Gasteiger charge is -2.32. The highest BCUT2D eigenvalue weighted by molar-refractivity contribution is 6.25. The summed E-state index contributed by atoms with van der Waals surface area (Å²) in [5, 5.41) is 0. The summed E-state index contributed by atoms with van der Waals surface area (Å²) in [6.45, 7) is 1.71. The lowest BCUT2D eigenvalue weighted by atomic mass is 9.93. The van der Waals surface area contributed by atoms with Gasteiger partial charge in [-0.3, -0.25) is 9.59 Å². The molecule has 0 unspecified atom stereocenters. The minimum Gasteiger partial charge on any atom is -0.371 e. The van der Waals surface area contributed by atoms with E-state index in [2.05, 4.69) is 17.0 Å². The standard InChI is InChI=1S/C13H15NO2/c15-10-13(16)11-6-8-14(9-7-11)12-4-2-1-3-5-12/h1-5,10-11H,6-9H2. The van der Waals surface area contributed by atoms with Crippen LogP contribution in [0.5, 0.6) is 0 Å². The van der Waals surface area contributed by atoms with Crippen molar-refractivity contribution >= 4 is 17.8 Å². The summed E-state index contributed by atoms with van der Waals surface area (Å²) in [6, 6.07) is 10.2. The van der Waals surface area contributed by atoms with Crippen LogP contribution in [-0.4, -0.2) is 25.2 Å². The molecule has 0 N–H and O–H groups in total. The Hall–Kier alpha value is -1.64. The van der Waals surface area contributed by atoms with Gasteiger partial charge in [-0.1, -0.05) is 18.2 Å². The Morgan fingerprint density at radius 1 is 1.19 bits per heavy atom. The second-order valence-electron chi connectivity index (χ2n) is 4.12. The predicted molar refractivity (Wildman–Crippen MR) is 62.5 cm³/mol. The zero-order chi connectivity index (χ0) is 11.4. The van der Waals surface area contributed by atoms with Gasteiger partial charge in [0.15, 0.2) is 12.1 Å². The SMILES string of the molecule is O=CC(=O)C1CCN(c2ccccc2)CC1. The Morgan fingerprint density at radius 2 is 1.81 bits per heavy atom. The molecule has 0 aromatic heterocycles. The first-order valence-electron chi connectivity index (χ1n) is 5.60. The van der Waals surface area contributed by atoms with Gasteiger partial charge < -0.3 is 4.90 Å². The number of rotatable bonds is 3. The van der Waals surface area contributed by atoms with Crippen LogP contribution in [0.25, 0.3) is 0 Å². The lowest BCUT2D eigenvalue weighted by molar-refractivity contribution is -0.132. The van der Waals surface area contributed by atoms with Crippen LogP contribution in [0, 0.1) is 5.92 Å². The van der Waals surface area contributed by atoms with Crippen molar-refractivity contribution in [1.29, 1.82) is 0 Å². The van der Waals surface area contributed by atoms with Gasteiger partial charge in [0, 0.05) is 24.7 Å². The number of piperidine rings is 1. The number of carbonyl (C=O) groups excluding carboxylic acids is 2. The lowest BCUT2D eigenvalue weighted by Crippen LogP contribution is -2.36. The number of aldehydes is 1. The smallest absolute Gasteiger partial charge is 0.198 e. The minimum absolute atomic E-state index is 0.0579. The molecule has 1 aromatic rings. The van der Waals surface area contributed by atoms with Gasteiger partial charge in [-0.2, -0.15) is 0 Å². The van der Waals surface area contributed by atoms with E-state index in [0.29, 0.717) is 6.29 Å². The molecule has 1 aromatic carbocycles. The molecule has 1 saturated heterocycles. The van der Waals surface area contributed by atoms with Crippen molar-refractivity contribution in [3.63, 3.8) is 0 Å². The maximum absolute atomic E-state index is 11.2. The van der Waals surface area contributed by atoms with Gasteiger partial charge in [0.25, 0.3) is 0 Å². The summed E-state index contributed by atoms with van der Waals surface area (Å²) in [6.07, 6.45) is 2.03. The second kappa shape index (κ2) is 4.92. The number of ketones is 1. The molecule has 0 spiro atoms. The van der Waals surface area contributed by atoms with Gasteiger partial charge in [-0.05, 0) is 25.0 Å². The Bertz CT molecular complexity index is 367. The Morgan fingerprint density at radius 3 is 2.38 bits per heavy atom. The van der Waals surface area contributed by atoms with Crippen LogP contribution < -0.4 is 4.90 Å². The normalized spacial score (nSPS) is 17.1. The molecule has 2 rings (SSSR count). The number of hydrogen-bond donors (Lipinski definition) is 0. The number of Topliss-reactive ketones (excluding diaryl/α,β-unsaturated/α-hetero) is 1. The summed E-state index contributed by atoms with van der Waals surface area (Å²) >= 11 is 0. The first kappa shape index (κ1) is 10.9. The molecule has 3 nitrogen and oxygen atoms in total. The van der Waals surface area contributed by atoms with Crippen LogP contribution in [-0.2, 0) is 9.59 Å². The number of para-hydroxylation sites is 1. The third-order valence-corrected chi connectivity index (χ3v) is 3.13. The fraction of sp³-hybridized carbons (Fsp3) is 0.385. The van der Waals surface area contributed by atoms with Crippen molar-refractivity contribution in [3.8, 4) is 0 Å². The molecule has 3 heteroatoms. The highest BCUT2D eigenvalue weighted by Crippen LogP contribution is 2.22. The van der Waals surface area contributed by atoms with Crippen LogP contribution >= 0.6 is 0 Å². The van der Waals surface area contributed by atoms with Crippen molar-refractivity contribution < 1.29 is 9.59 Å². The van der Waals surface area contributed by atoms with Gasteiger partial charge >= 0.3 is 0 Å². The fourth-order valence-electron chi connectivity index (χ4n) is 2.16. The second-order valence-corrected chi connectivity index (χ2v) is 4.12.